The first-order valence-corrected chi connectivity index (χ1v) is 7.04. The smallest absolute Gasteiger partial charge is 0.331 e. The fourth-order valence-electron chi connectivity index (χ4n) is 1.74. The molecule has 3 amide bonds. The highest BCUT2D eigenvalue weighted by Crippen LogP contribution is 2.12. The number of urea groups is 1. The Balaban J connectivity index is 1.82. The fourth-order valence-corrected chi connectivity index (χ4v) is 2.16. The lowest BCUT2D eigenvalue weighted by Gasteiger charge is -2.11. The van der Waals surface area contributed by atoms with Crippen molar-refractivity contribution in [3.63, 3.8) is 0 Å². The molecule has 0 atom stereocenters. The monoisotopic (exact) mass is 352 g/mol. The van der Waals surface area contributed by atoms with E-state index in [4.69, 9.17) is 4.74 Å². The summed E-state index contributed by atoms with van der Waals surface area (Å²) in [7, 11) is 0. The van der Waals surface area contributed by atoms with Gasteiger partial charge in [0.05, 0.1) is 0 Å². The van der Waals surface area contributed by atoms with Gasteiger partial charge in [0, 0.05) is 23.6 Å². The molecule has 0 spiro atoms. The van der Waals surface area contributed by atoms with Gasteiger partial charge in [0.15, 0.2) is 6.61 Å². The SMILES string of the molecule is O=C(/C=C/c1cccc(Br)c1)OCC(=O)N1CCNC1=O. The first-order chi connectivity index (χ1) is 10.1. The van der Waals surface area contributed by atoms with Crippen LogP contribution in [0.5, 0.6) is 0 Å². The van der Waals surface area contributed by atoms with Gasteiger partial charge in [0.2, 0.25) is 0 Å². The van der Waals surface area contributed by atoms with E-state index < -0.39 is 24.5 Å². The first kappa shape index (κ1) is 15.2. The molecule has 21 heavy (non-hydrogen) atoms. The van der Waals surface area contributed by atoms with Gasteiger partial charge in [-0.2, -0.15) is 0 Å². The topological polar surface area (TPSA) is 75.7 Å². The number of esters is 1. The van der Waals surface area contributed by atoms with Gasteiger partial charge in [-0.05, 0) is 23.8 Å². The molecule has 0 bridgehead atoms. The highest BCUT2D eigenvalue weighted by Gasteiger charge is 2.26. The third kappa shape index (κ3) is 4.42. The number of imide groups is 1. The average Bonchev–Trinajstić information content (AvgIpc) is 2.89. The number of carbonyl (C=O) groups excluding carboxylic acids is 3. The third-order valence-electron chi connectivity index (χ3n) is 2.76. The van der Waals surface area contributed by atoms with Gasteiger partial charge >= 0.3 is 12.0 Å². The number of nitrogens with zero attached hydrogens (tertiary/aromatic N) is 1. The van der Waals surface area contributed by atoms with Crippen molar-refractivity contribution in [1.82, 2.24) is 10.2 Å². The number of rotatable bonds is 4. The maximum Gasteiger partial charge on any atom is 0.331 e. The van der Waals surface area contributed by atoms with Gasteiger partial charge in [0.1, 0.15) is 0 Å². The van der Waals surface area contributed by atoms with Gasteiger partial charge in [-0.1, -0.05) is 28.1 Å². The van der Waals surface area contributed by atoms with Crippen molar-refractivity contribution < 1.29 is 19.1 Å². The van der Waals surface area contributed by atoms with Crippen molar-refractivity contribution in [3.05, 3.63) is 40.4 Å². The zero-order valence-electron chi connectivity index (χ0n) is 11.0. The molecule has 1 N–H and O–H groups in total. The van der Waals surface area contributed by atoms with Crippen LogP contribution in [0.4, 0.5) is 4.79 Å². The summed E-state index contributed by atoms with van der Waals surface area (Å²) in [4.78, 5) is 35.4. The lowest BCUT2D eigenvalue weighted by atomic mass is 10.2. The molecule has 1 saturated heterocycles. The summed E-state index contributed by atoms with van der Waals surface area (Å²) in [6, 6.07) is 6.92. The minimum absolute atomic E-state index is 0.295. The Morgan fingerprint density at radius 2 is 2.24 bits per heavy atom. The Labute approximate surface area is 129 Å². The summed E-state index contributed by atoms with van der Waals surface area (Å²) < 4.78 is 5.70. The lowest BCUT2D eigenvalue weighted by Crippen LogP contribution is -2.37. The van der Waals surface area contributed by atoms with Crippen LogP contribution in [0.1, 0.15) is 5.56 Å². The van der Waals surface area contributed by atoms with E-state index in [1.165, 1.54) is 6.08 Å². The minimum atomic E-state index is -0.636. The van der Waals surface area contributed by atoms with Gasteiger partial charge in [0.25, 0.3) is 5.91 Å². The molecule has 0 radical (unpaired) electrons. The van der Waals surface area contributed by atoms with Gasteiger partial charge in [-0.25, -0.2) is 9.59 Å². The quantitative estimate of drug-likeness (QED) is 0.659. The Bertz CT molecular complexity index is 600. The van der Waals surface area contributed by atoms with Gasteiger partial charge in [-0.3, -0.25) is 9.69 Å². The number of carbonyl (C=O) groups is 3. The summed E-state index contributed by atoms with van der Waals surface area (Å²) in [6.45, 7) is 0.263. The predicted molar refractivity (Wildman–Crippen MR) is 79.2 cm³/mol. The summed E-state index contributed by atoms with van der Waals surface area (Å²) >= 11 is 3.32. The van der Waals surface area contributed by atoms with Crippen LogP contribution in [-0.4, -0.2) is 42.5 Å². The van der Waals surface area contributed by atoms with E-state index in [1.54, 1.807) is 6.08 Å². The van der Waals surface area contributed by atoms with Crippen molar-refractivity contribution in [3.8, 4) is 0 Å². The largest absolute Gasteiger partial charge is 0.452 e. The van der Waals surface area contributed by atoms with Crippen LogP contribution < -0.4 is 5.32 Å². The molecule has 0 aromatic heterocycles. The number of amides is 3. The van der Waals surface area contributed by atoms with Crippen LogP contribution in [-0.2, 0) is 14.3 Å². The summed E-state index contributed by atoms with van der Waals surface area (Å²) in [5, 5.41) is 2.50. The first-order valence-electron chi connectivity index (χ1n) is 6.25. The molecule has 1 aromatic carbocycles. The Morgan fingerprint density at radius 1 is 1.43 bits per heavy atom. The van der Waals surface area contributed by atoms with Gasteiger partial charge in [-0.15, -0.1) is 0 Å². The second-order valence-corrected chi connectivity index (χ2v) is 5.19. The van der Waals surface area contributed by atoms with Crippen molar-refractivity contribution in [2.24, 2.45) is 0 Å². The van der Waals surface area contributed by atoms with E-state index in [-0.39, 0.29) is 0 Å². The van der Waals surface area contributed by atoms with E-state index >= 15 is 0 Å². The second kappa shape index (κ2) is 7.03. The van der Waals surface area contributed by atoms with E-state index in [1.807, 2.05) is 24.3 Å². The van der Waals surface area contributed by atoms with Crippen LogP contribution in [0.15, 0.2) is 34.8 Å². The normalized spacial score (nSPS) is 14.3. The Hall–Kier alpha value is -2.15. The summed E-state index contributed by atoms with van der Waals surface area (Å²) in [5.74, 6) is -1.17. The maximum absolute atomic E-state index is 11.6. The number of halogens is 1. The zero-order valence-corrected chi connectivity index (χ0v) is 12.6. The standard InChI is InChI=1S/C14H13BrN2O4/c15-11-3-1-2-10(8-11)4-5-13(19)21-9-12(18)17-7-6-16-14(17)20/h1-5,8H,6-7,9H2,(H,16,20)/b5-4+. The van der Waals surface area contributed by atoms with Crippen molar-refractivity contribution in [2.45, 2.75) is 0 Å². The number of hydrogen-bond acceptors (Lipinski definition) is 4. The van der Waals surface area contributed by atoms with Gasteiger partial charge < -0.3 is 10.1 Å². The zero-order chi connectivity index (χ0) is 15.2. The number of nitrogens with one attached hydrogen (secondary N) is 1. The minimum Gasteiger partial charge on any atom is -0.452 e. The van der Waals surface area contributed by atoms with E-state index in [2.05, 4.69) is 21.2 Å². The summed E-state index contributed by atoms with van der Waals surface area (Å²) in [5.41, 5.74) is 0.826. The molecular weight excluding hydrogens is 340 g/mol. The summed E-state index contributed by atoms with van der Waals surface area (Å²) in [6.07, 6.45) is 2.82. The number of hydrogen-bond donors (Lipinski definition) is 1. The number of ether oxygens (including phenoxy) is 1. The van der Waals surface area contributed by atoms with Crippen molar-refractivity contribution >= 4 is 39.9 Å². The average molecular weight is 353 g/mol. The molecule has 2 rings (SSSR count). The maximum atomic E-state index is 11.6. The van der Waals surface area contributed by atoms with Crippen LogP contribution in [0.3, 0.4) is 0 Å². The molecule has 1 aliphatic rings. The van der Waals surface area contributed by atoms with E-state index in [9.17, 15) is 14.4 Å². The molecule has 7 heteroatoms. The Kier molecular flexibility index (Phi) is 5.10. The fraction of sp³-hybridized carbons (Fsp3) is 0.214. The molecular formula is C14H13BrN2O4. The highest BCUT2D eigenvalue weighted by atomic mass is 79.9. The lowest BCUT2D eigenvalue weighted by molar-refractivity contribution is -0.146. The number of benzene rings is 1. The molecule has 1 fully saturated rings. The van der Waals surface area contributed by atoms with E-state index in [0.717, 1.165) is 14.9 Å². The molecule has 0 aliphatic carbocycles. The van der Waals surface area contributed by atoms with Crippen LogP contribution in [0.25, 0.3) is 6.08 Å². The molecule has 0 unspecified atom stereocenters. The molecule has 0 saturated carbocycles. The van der Waals surface area contributed by atoms with Crippen LogP contribution in [0.2, 0.25) is 0 Å². The van der Waals surface area contributed by atoms with Crippen LogP contribution >= 0.6 is 15.9 Å². The molecule has 6 nitrogen and oxygen atoms in total. The molecule has 1 aliphatic heterocycles. The van der Waals surface area contributed by atoms with E-state index in [0.29, 0.717) is 13.1 Å². The van der Waals surface area contributed by atoms with Crippen molar-refractivity contribution in [1.29, 1.82) is 0 Å². The second-order valence-electron chi connectivity index (χ2n) is 4.27. The molecule has 110 valence electrons. The van der Waals surface area contributed by atoms with Crippen molar-refractivity contribution in [2.75, 3.05) is 19.7 Å². The highest BCUT2D eigenvalue weighted by molar-refractivity contribution is 9.10. The van der Waals surface area contributed by atoms with Crippen LogP contribution in [0, 0.1) is 0 Å². The third-order valence-corrected chi connectivity index (χ3v) is 3.25. The molecule has 1 heterocycles. The predicted octanol–water partition coefficient (Wildman–Crippen LogP) is 1.56. The Morgan fingerprint density at radius 3 is 2.90 bits per heavy atom. The molecule has 1 aromatic rings.